The number of carbonyl (C=O) groups excluding carboxylic acids is 2. The van der Waals surface area contributed by atoms with Gasteiger partial charge in [-0.25, -0.2) is 0 Å². The van der Waals surface area contributed by atoms with Crippen molar-refractivity contribution >= 4 is 11.9 Å². The van der Waals surface area contributed by atoms with Gasteiger partial charge in [0.15, 0.2) is 11.5 Å². The summed E-state index contributed by atoms with van der Waals surface area (Å²) in [4.78, 5) is 23.5. The van der Waals surface area contributed by atoms with Crippen molar-refractivity contribution in [1.82, 2.24) is 0 Å². The van der Waals surface area contributed by atoms with Crippen molar-refractivity contribution in [3.63, 3.8) is 0 Å². The third-order valence-electron chi connectivity index (χ3n) is 2.81. The summed E-state index contributed by atoms with van der Waals surface area (Å²) in [7, 11) is 0. The Labute approximate surface area is 125 Å². The summed E-state index contributed by atoms with van der Waals surface area (Å²) in [6.07, 6.45) is 0.657. The van der Waals surface area contributed by atoms with Gasteiger partial charge in [0.25, 0.3) is 0 Å². The predicted molar refractivity (Wildman–Crippen MR) is 80.1 cm³/mol. The molecule has 1 rings (SSSR count). The molecule has 1 aromatic rings. The summed E-state index contributed by atoms with van der Waals surface area (Å²) >= 11 is 0. The highest BCUT2D eigenvalue weighted by molar-refractivity contribution is 5.78. The smallest absolute Gasteiger partial charge is 0.313 e. The quantitative estimate of drug-likeness (QED) is 0.643. The van der Waals surface area contributed by atoms with Crippen LogP contribution in [0, 0.1) is 11.8 Å². The molecule has 5 nitrogen and oxygen atoms in total. The highest BCUT2D eigenvalue weighted by Gasteiger charge is 2.18. The van der Waals surface area contributed by atoms with Gasteiger partial charge in [-0.2, -0.15) is 0 Å². The molecule has 0 aliphatic heterocycles. The van der Waals surface area contributed by atoms with Gasteiger partial charge in [0.2, 0.25) is 0 Å². The van der Waals surface area contributed by atoms with E-state index in [4.69, 9.17) is 15.2 Å². The topological polar surface area (TPSA) is 78.6 Å². The molecule has 0 aromatic heterocycles. The Morgan fingerprint density at radius 1 is 1.00 bits per heavy atom. The molecule has 0 unspecified atom stereocenters. The maximum absolute atomic E-state index is 11.8. The van der Waals surface area contributed by atoms with Gasteiger partial charge in [-0.1, -0.05) is 33.8 Å². The van der Waals surface area contributed by atoms with Crippen LogP contribution in [-0.2, 0) is 16.0 Å². The average molecular weight is 293 g/mol. The van der Waals surface area contributed by atoms with E-state index in [1.807, 2.05) is 6.07 Å². The van der Waals surface area contributed by atoms with Gasteiger partial charge in [0.1, 0.15) is 0 Å². The van der Waals surface area contributed by atoms with Gasteiger partial charge >= 0.3 is 11.9 Å². The molecule has 0 radical (unpaired) electrons. The third-order valence-corrected chi connectivity index (χ3v) is 2.81. The highest BCUT2D eigenvalue weighted by Crippen LogP contribution is 2.30. The first kappa shape index (κ1) is 17.2. The summed E-state index contributed by atoms with van der Waals surface area (Å²) in [6, 6.07) is 5.13. The van der Waals surface area contributed by atoms with Crippen LogP contribution in [0.5, 0.6) is 11.5 Å². The minimum absolute atomic E-state index is 0.253. The Morgan fingerprint density at radius 2 is 1.52 bits per heavy atom. The molecule has 0 aliphatic carbocycles. The zero-order chi connectivity index (χ0) is 16.0. The lowest BCUT2D eigenvalue weighted by Crippen LogP contribution is -2.18. The van der Waals surface area contributed by atoms with Gasteiger partial charge in [-0.15, -0.1) is 0 Å². The van der Waals surface area contributed by atoms with E-state index < -0.39 is 0 Å². The minimum atomic E-state index is -0.373. The zero-order valence-corrected chi connectivity index (χ0v) is 13.0. The number of hydrogen-bond acceptors (Lipinski definition) is 5. The SMILES string of the molecule is CC(C)C(=O)Oc1ccc(CCN)cc1OC(=O)C(C)C. The summed E-state index contributed by atoms with van der Waals surface area (Å²) in [5.41, 5.74) is 6.45. The largest absolute Gasteiger partial charge is 0.422 e. The van der Waals surface area contributed by atoms with E-state index in [1.54, 1.807) is 39.8 Å². The Balaban J connectivity index is 3.04. The van der Waals surface area contributed by atoms with E-state index in [9.17, 15) is 9.59 Å². The van der Waals surface area contributed by atoms with E-state index in [2.05, 4.69) is 0 Å². The van der Waals surface area contributed by atoms with Crippen molar-refractivity contribution in [3.8, 4) is 11.5 Å². The molecule has 0 atom stereocenters. The number of hydrogen-bond donors (Lipinski definition) is 1. The second-order valence-electron chi connectivity index (χ2n) is 5.47. The lowest BCUT2D eigenvalue weighted by Gasteiger charge is -2.14. The lowest BCUT2D eigenvalue weighted by atomic mass is 10.1. The summed E-state index contributed by atoms with van der Waals surface area (Å²) in [5.74, 6) is -0.763. The van der Waals surface area contributed by atoms with Crippen LogP contribution < -0.4 is 15.2 Å². The molecule has 0 aliphatic rings. The van der Waals surface area contributed by atoms with Gasteiger partial charge in [-0.05, 0) is 30.7 Å². The fourth-order valence-electron chi connectivity index (χ4n) is 1.49. The summed E-state index contributed by atoms with van der Waals surface area (Å²) in [5, 5.41) is 0. The molecule has 0 heterocycles. The maximum Gasteiger partial charge on any atom is 0.313 e. The second-order valence-corrected chi connectivity index (χ2v) is 5.47. The first-order chi connectivity index (χ1) is 9.85. The summed E-state index contributed by atoms with van der Waals surface area (Å²) in [6.45, 7) is 7.45. The van der Waals surface area contributed by atoms with Gasteiger partial charge in [0, 0.05) is 0 Å². The van der Waals surface area contributed by atoms with Crippen LogP contribution in [0.3, 0.4) is 0 Å². The Bertz CT molecular complexity index is 509. The van der Waals surface area contributed by atoms with Crippen LogP contribution in [0.25, 0.3) is 0 Å². The molecule has 2 N–H and O–H groups in total. The van der Waals surface area contributed by atoms with Crippen LogP contribution in [0.4, 0.5) is 0 Å². The number of nitrogens with two attached hydrogens (primary N) is 1. The van der Waals surface area contributed by atoms with Crippen molar-refractivity contribution in [3.05, 3.63) is 23.8 Å². The van der Waals surface area contributed by atoms with Crippen molar-refractivity contribution in [2.24, 2.45) is 17.6 Å². The molecule has 0 saturated heterocycles. The minimum Gasteiger partial charge on any atom is -0.422 e. The Kier molecular flexibility index (Phi) is 6.37. The molecule has 1 aromatic carbocycles. The molecule has 116 valence electrons. The number of esters is 2. The number of rotatable bonds is 6. The van der Waals surface area contributed by atoms with E-state index in [-0.39, 0.29) is 35.3 Å². The van der Waals surface area contributed by atoms with Crippen LogP contribution in [0.2, 0.25) is 0 Å². The van der Waals surface area contributed by atoms with Crippen LogP contribution >= 0.6 is 0 Å². The van der Waals surface area contributed by atoms with E-state index in [1.165, 1.54) is 0 Å². The van der Waals surface area contributed by atoms with Crippen molar-refractivity contribution < 1.29 is 19.1 Å². The first-order valence-corrected chi connectivity index (χ1v) is 7.11. The molecule has 0 bridgehead atoms. The fourth-order valence-corrected chi connectivity index (χ4v) is 1.49. The van der Waals surface area contributed by atoms with E-state index in [0.29, 0.717) is 13.0 Å². The van der Waals surface area contributed by atoms with E-state index >= 15 is 0 Å². The first-order valence-electron chi connectivity index (χ1n) is 7.11. The normalized spacial score (nSPS) is 10.8. The molecule has 0 fully saturated rings. The number of ether oxygens (including phenoxy) is 2. The van der Waals surface area contributed by atoms with Crippen molar-refractivity contribution in [1.29, 1.82) is 0 Å². The summed E-state index contributed by atoms with van der Waals surface area (Å²) < 4.78 is 10.6. The molecular formula is C16H23NO4. The average Bonchev–Trinajstić information content (AvgIpc) is 2.41. The second kappa shape index (κ2) is 7.78. The molecule has 21 heavy (non-hydrogen) atoms. The lowest BCUT2D eigenvalue weighted by molar-refractivity contribution is -0.140. The maximum atomic E-state index is 11.8. The van der Waals surface area contributed by atoms with Gasteiger partial charge in [-0.3, -0.25) is 9.59 Å². The fraction of sp³-hybridized carbons (Fsp3) is 0.500. The zero-order valence-electron chi connectivity index (χ0n) is 13.0. The molecule has 0 spiro atoms. The van der Waals surface area contributed by atoms with E-state index in [0.717, 1.165) is 5.56 Å². The molecular weight excluding hydrogens is 270 g/mol. The number of benzene rings is 1. The van der Waals surface area contributed by atoms with Crippen molar-refractivity contribution in [2.75, 3.05) is 6.54 Å². The van der Waals surface area contributed by atoms with Crippen LogP contribution in [-0.4, -0.2) is 18.5 Å². The Hall–Kier alpha value is -1.88. The standard InChI is InChI=1S/C16H23NO4/c1-10(2)15(18)20-13-6-5-12(7-8-17)9-14(13)21-16(19)11(3)4/h5-6,9-11H,7-8,17H2,1-4H3. The molecule has 0 amide bonds. The molecule has 0 saturated carbocycles. The van der Waals surface area contributed by atoms with Crippen LogP contribution in [0.1, 0.15) is 33.3 Å². The highest BCUT2D eigenvalue weighted by atomic mass is 16.6. The number of carbonyl (C=O) groups is 2. The van der Waals surface area contributed by atoms with Crippen LogP contribution in [0.15, 0.2) is 18.2 Å². The predicted octanol–water partition coefficient (Wildman–Crippen LogP) is 2.31. The third kappa shape index (κ3) is 5.19. The van der Waals surface area contributed by atoms with Crippen molar-refractivity contribution in [2.45, 2.75) is 34.1 Å². The van der Waals surface area contributed by atoms with Gasteiger partial charge in [0.05, 0.1) is 11.8 Å². The van der Waals surface area contributed by atoms with Gasteiger partial charge < -0.3 is 15.2 Å². The Morgan fingerprint density at radius 3 is 2.00 bits per heavy atom. The molecule has 5 heteroatoms. The monoisotopic (exact) mass is 293 g/mol.